The molecule has 2 aliphatic heterocycles. The lowest BCUT2D eigenvalue weighted by molar-refractivity contribution is -0.130. The van der Waals surface area contributed by atoms with Crippen LogP contribution < -0.4 is 0 Å². The molecule has 2 fully saturated rings. The normalized spacial score (nSPS) is 20.9. The van der Waals surface area contributed by atoms with Crippen LogP contribution in [-0.4, -0.2) is 73.2 Å². The molecule has 0 aliphatic carbocycles. The summed E-state index contributed by atoms with van der Waals surface area (Å²) in [5, 5.41) is 0.420. The average molecular weight is 414 g/mol. The smallest absolute Gasteiger partial charge is 0.244 e. The fourth-order valence-electron chi connectivity index (χ4n) is 3.30. The first-order chi connectivity index (χ1) is 13.0. The Morgan fingerprint density at radius 3 is 2.37 bits per heavy atom. The third-order valence-electron chi connectivity index (χ3n) is 4.88. The number of carbonyl (C=O) groups excluding carboxylic acids is 1. The summed E-state index contributed by atoms with van der Waals surface area (Å²) in [7, 11) is -3.54. The van der Waals surface area contributed by atoms with Gasteiger partial charge >= 0.3 is 0 Å². The summed E-state index contributed by atoms with van der Waals surface area (Å²) in [6, 6.07) is 3.26. The quantitative estimate of drug-likeness (QED) is 0.687. The number of sulfonamides is 1. The summed E-state index contributed by atoms with van der Waals surface area (Å²) in [5.74, 6) is 0.133. The number of carbonyl (C=O) groups is 1. The van der Waals surface area contributed by atoms with Gasteiger partial charge in [0.05, 0.1) is 23.5 Å². The van der Waals surface area contributed by atoms with E-state index in [0.29, 0.717) is 31.3 Å². The van der Waals surface area contributed by atoms with Crippen molar-refractivity contribution in [3.8, 4) is 0 Å². The van der Waals surface area contributed by atoms with Gasteiger partial charge in [-0.1, -0.05) is 24.6 Å². The number of amides is 1. The topological polar surface area (TPSA) is 79.8 Å². The molecule has 2 aliphatic rings. The van der Waals surface area contributed by atoms with Crippen LogP contribution in [-0.2, 0) is 19.6 Å². The Bertz CT molecular complexity index is 725. The number of likely N-dealkylation sites (tertiary alicyclic amines) is 1. The van der Waals surface area contributed by atoms with Crippen LogP contribution in [0.1, 0.15) is 32.6 Å². The zero-order chi connectivity index (χ0) is 19.3. The molecule has 0 N–H and O–H groups in total. The lowest BCUT2D eigenvalue weighted by atomic mass is 10.2. The van der Waals surface area contributed by atoms with Crippen LogP contribution in [0.25, 0.3) is 0 Å². The molecule has 0 spiro atoms. The second-order valence-corrected chi connectivity index (χ2v) is 10.1. The molecule has 2 saturated heterocycles. The molecule has 0 bridgehead atoms. The lowest BCUT2D eigenvalue weighted by Gasteiger charge is -2.26. The minimum absolute atomic E-state index is 0.133. The molecule has 150 valence electrons. The van der Waals surface area contributed by atoms with Crippen LogP contribution in [0.3, 0.4) is 0 Å². The molecule has 1 amide bonds. The Kier molecular flexibility index (Phi) is 7.13. The molecule has 3 rings (SSSR count). The first-order valence-electron chi connectivity index (χ1n) is 9.48. The molecule has 1 aromatic heterocycles. The van der Waals surface area contributed by atoms with E-state index in [1.54, 1.807) is 12.1 Å². The van der Waals surface area contributed by atoms with Gasteiger partial charge in [-0.05, 0) is 31.9 Å². The van der Waals surface area contributed by atoms with Gasteiger partial charge in [-0.15, -0.1) is 0 Å². The van der Waals surface area contributed by atoms with Crippen molar-refractivity contribution in [1.29, 1.82) is 0 Å². The molecule has 0 radical (unpaired) electrons. The Hall–Kier alpha value is -1.16. The van der Waals surface area contributed by atoms with Gasteiger partial charge < -0.3 is 9.64 Å². The van der Waals surface area contributed by atoms with E-state index in [4.69, 9.17) is 4.74 Å². The molecule has 7 nitrogen and oxygen atoms in total. The first-order valence-corrected chi connectivity index (χ1v) is 11.8. The number of aromatic nitrogens is 1. The fraction of sp³-hybridized carbons (Fsp3) is 0.667. The molecule has 1 atom stereocenters. The van der Waals surface area contributed by atoms with E-state index in [9.17, 15) is 13.2 Å². The van der Waals surface area contributed by atoms with Crippen molar-refractivity contribution in [2.75, 3.05) is 39.4 Å². The highest BCUT2D eigenvalue weighted by Gasteiger charge is 2.27. The van der Waals surface area contributed by atoms with E-state index >= 15 is 0 Å². The third-order valence-corrected chi connectivity index (χ3v) is 7.80. The van der Waals surface area contributed by atoms with E-state index in [2.05, 4.69) is 4.98 Å². The SMILES string of the molecule is C[C@@H](Sc1ccc(S(=O)(=O)N2CCOCC2)cn1)C(=O)N1CCCCCC1. The lowest BCUT2D eigenvalue weighted by Crippen LogP contribution is -2.40. The molecular formula is C18H27N3O4S2. The van der Waals surface area contributed by atoms with Crippen LogP contribution in [0.4, 0.5) is 0 Å². The summed E-state index contributed by atoms with van der Waals surface area (Å²) in [6.45, 7) is 5.09. The van der Waals surface area contributed by atoms with Crippen molar-refractivity contribution in [3.05, 3.63) is 18.3 Å². The highest BCUT2D eigenvalue weighted by atomic mass is 32.2. The van der Waals surface area contributed by atoms with Crippen molar-refractivity contribution < 1.29 is 17.9 Å². The number of morpholine rings is 1. The number of hydrogen-bond acceptors (Lipinski definition) is 6. The van der Waals surface area contributed by atoms with Gasteiger partial charge in [-0.3, -0.25) is 4.79 Å². The average Bonchev–Trinajstić information content (AvgIpc) is 2.98. The summed E-state index contributed by atoms with van der Waals surface area (Å²) < 4.78 is 31.9. The number of hydrogen-bond donors (Lipinski definition) is 0. The number of ether oxygens (including phenoxy) is 1. The maximum Gasteiger partial charge on any atom is 0.244 e. The number of rotatable bonds is 5. The minimum Gasteiger partial charge on any atom is -0.379 e. The zero-order valence-corrected chi connectivity index (χ0v) is 17.3. The van der Waals surface area contributed by atoms with Crippen molar-refractivity contribution in [2.24, 2.45) is 0 Å². The molecule has 3 heterocycles. The van der Waals surface area contributed by atoms with Crippen LogP contribution in [0, 0.1) is 0 Å². The van der Waals surface area contributed by atoms with Gasteiger partial charge in [0.1, 0.15) is 4.90 Å². The fourth-order valence-corrected chi connectivity index (χ4v) is 5.53. The van der Waals surface area contributed by atoms with E-state index in [1.165, 1.54) is 35.1 Å². The van der Waals surface area contributed by atoms with Crippen molar-refractivity contribution in [3.63, 3.8) is 0 Å². The van der Waals surface area contributed by atoms with Gasteiger partial charge in [0, 0.05) is 32.4 Å². The van der Waals surface area contributed by atoms with Crippen LogP contribution >= 0.6 is 11.8 Å². The Morgan fingerprint density at radius 1 is 1.11 bits per heavy atom. The van der Waals surface area contributed by atoms with E-state index in [1.807, 2.05) is 11.8 Å². The summed E-state index contributed by atoms with van der Waals surface area (Å²) in [6.07, 6.45) is 5.89. The third kappa shape index (κ3) is 5.22. The largest absolute Gasteiger partial charge is 0.379 e. The van der Waals surface area contributed by atoms with Gasteiger partial charge in [0.2, 0.25) is 15.9 Å². The summed E-state index contributed by atoms with van der Waals surface area (Å²) in [4.78, 5) is 19.1. The monoisotopic (exact) mass is 413 g/mol. The molecule has 0 saturated carbocycles. The maximum atomic E-state index is 12.7. The second-order valence-electron chi connectivity index (χ2n) is 6.85. The highest BCUT2D eigenvalue weighted by Crippen LogP contribution is 2.25. The van der Waals surface area contributed by atoms with Crippen LogP contribution in [0.15, 0.2) is 28.3 Å². The molecule has 1 aromatic rings. The van der Waals surface area contributed by atoms with Crippen LogP contribution in [0.2, 0.25) is 0 Å². The van der Waals surface area contributed by atoms with E-state index in [0.717, 1.165) is 25.9 Å². The van der Waals surface area contributed by atoms with Crippen molar-refractivity contribution >= 4 is 27.7 Å². The summed E-state index contributed by atoms with van der Waals surface area (Å²) >= 11 is 1.38. The Morgan fingerprint density at radius 2 is 1.78 bits per heavy atom. The van der Waals surface area contributed by atoms with Gasteiger partial charge in [-0.2, -0.15) is 4.31 Å². The predicted molar refractivity (Wildman–Crippen MR) is 104 cm³/mol. The second kappa shape index (κ2) is 9.36. The van der Waals surface area contributed by atoms with E-state index < -0.39 is 10.0 Å². The van der Waals surface area contributed by atoms with E-state index in [-0.39, 0.29) is 16.1 Å². The Balaban J connectivity index is 1.62. The number of pyridine rings is 1. The van der Waals surface area contributed by atoms with Crippen molar-refractivity contribution in [1.82, 2.24) is 14.2 Å². The molecule has 0 aromatic carbocycles. The standard InChI is InChI=1S/C18H27N3O4S2/c1-15(18(22)20-8-4-2-3-5-9-20)26-17-7-6-16(14-19-17)27(23,24)21-10-12-25-13-11-21/h6-7,14-15H,2-5,8-13H2,1H3/t15-/m1/s1. The molecule has 9 heteroatoms. The van der Waals surface area contributed by atoms with Gasteiger partial charge in [0.15, 0.2) is 0 Å². The number of nitrogens with zero attached hydrogens (tertiary/aromatic N) is 3. The molecular weight excluding hydrogens is 386 g/mol. The predicted octanol–water partition coefficient (Wildman–Crippen LogP) is 1.99. The van der Waals surface area contributed by atoms with Gasteiger partial charge in [-0.25, -0.2) is 13.4 Å². The highest BCUT2D eigenvalue weighted by molar-refractivity contribution is 8.00. The Labute approximate surface area is 165 Å². The van der Waals surface area contributed by atoms with Crippen molar-refractivity contribution in [2.45, 2.75) is 47.8 Å². The zero-order valence-electron chi connectivity index (χ0n) is 15.7. The molecule has 0 unspecified atom stereocenters. The number of thioether (sulfide) groups is 1. The molecule has 27 heavy (non-hydrogen) atoms. The minimum atomic E-state index is -3.54. The maximum absolute atomic E-state index is 12.7. The van der Waals surface area contributed by atoms with Crippen LogP contribution in [0.5, 0.6) is 0 Å². The summed E-state index contributed by atoms with van der Waals surface area (Å²) in [5.41, 5.74) is 0. The first kappa shape index (κ1) is 20.6. The van der Waals surface area contributed by atoms with Gasteiger partial charge in [0.25, 0.3) is 0 Å².